The molecule has 2 saturated heterocycles. The van der Waals surface area contributed by atoms with Crippen LogP contribution in [0.5, 0.6) is 0 Å². The quantitative estimate of drug-likeness (QED) is 0.819. The van der Waals surface area contributed by atoms with E-state index in [9.17, 15) is 8.42 Å². The van der Waals surface area contributed by atoms with Crippen LogP contribution >= 0.6 is 0 Å². The summed E-state index contributed by atoms with van der Waals surface area (Å²) in [6.45, 7) is 6.10. The number of rotatable bonds is 5. The van der Waals surface area contributed by atoms with Gasteiger partial charge in [-0.25, -0.2) is 12.7 Å². The highest BCUT2D eigenvalue weighted by Gasteiger charge is 2.33. The van der Waals surface area contributed by atoms with Crippen molar-refractivity contribution in [3.63, 3.8) is 0 Å². The van der Waals surface area contributed by atoms with E-state index < -0.39 is 10.0 Å². The van der Waals surface area contributed by atoms with Crippen molar-refractivity contribution < 1.29 is 8.42 Å². The van der Waals surface area contributed by atoms with Crippen LogP contribution in [0.3, 0.4) is 0 Å². The highest BCUT2D eigenvalue weighted by molar-refractivity contribution is 7.89. The Morgan fingerprint density at radius 3 is 2.25 bits per heavy atom. The Bertz CT molecular complexity index is 385. The third-order valence-corrected chi connectivity index (χ3v) is 6.96. The molecule has 2 aliphatic heterocycles. The van der Waals surface area contributed by atoms with Gasteiger partial charge in [-0.2, -0.15) is 0 Å². The van der Waals surface area contributed by atoms with Crippen molar-refractivity contribution in [1.29, 1.82) is 0 Å². The van der Waals surface area contributed by atoms with Crippen molar-refractivity contribution in [3.8, 4) is 0 Å². The summed E-state index contributed by atoms with van der Waals surface area (Å²) in [6.07, 6.45) is 5.94. The molecule has 0 amide bonds. The number of hydrogen-bond acceptors (Lipinski definition) is 4. The molecule has 0 spiro atoms. The van der Waals surface area contributed by atoms with Gasteiger partial charge in [-0.1, -0.05) is 6.42 Å². The first kappa shape index (κ1) is 16.2. The van der Waals surface area contributed by atoms with Gasteiger partial charge in [0.1, 0.15) is 0 Å². The lowest BCUT2D eigenvalue weighted by molar-refractivity contribution is 0.117. The van der Waals surface area contributed by atoms with Gasteiger partial charge in [-0.15, -0.1) is 0 Å². The molecule has 0 aromatic heterocycles. The van der Waals surface area contributed by atoms with Gasteiger partial charge in [0.15, 0.2) is 0 Å². The minimum atomic E-state index is -3.13. The molecule has 0 radical (unpaired) electrons. The summed E-state index contributed by atoms with van der Waals surface area (Å²) in [5, 5.41) is 2.62. The molecule has 0 bridgehead atoms. The number of nitrogens with zero attached hydrogens (tertiary/aromatic N) is 2. The zero-order valence-corrected chi connectivity index (χ0v) is 13.7. The second-order valence-corrected chi connectivity index (χ2v) is 8.49. The SMILES string of the molecule is CNCC(C)S(=O)(=O)N1CCC(N2CCCCC2)CC1. The Labute approximate surface area is 123 Å². The van der Waals surface area contributed by atoms with Gasteiger partial charge in [0.05, 0.1) is 5.25 Å². The van der Waals surface area contributed by atoms with Crippen molar-refractivity contribution in [2.24, 2.45) is 0 Å². The molecule has 0 aromatic rings. The second-order valence-electron chi connectivity index (χ2n) is 6.14. The van der Waals surface area contributed by atoms with E-state index in [2.05, 4.69) is 10.2 Å². The predicted octanol–water partition coefficient (Wildman–Crippen LogP) is 0.874. The van der Waals surface area contributed by atoms with E-state index in [1.165, 1.54) is 32.4 Å². The van der Waals surface area contributed by atoms with Crippen LogP contribution < -0.4 is 5.32 Å². The molecular formula is C14H29N3O2S. The Hall–Kier alpha value is -0.170. The third kappa shape index (κ3) is 3.72. The van der Waals surface area contributed by atoms with Crippen molar-refractivity contribution in [1.82, 2.24) is 14.5 Å². The summed E-state index contributed by atoms with van der Waals surface area (Å²) in [5.41, 5.74) is 0. The van der Waals surface area contributed by atoms with E-state index in [-0.39, 0.29) is 5.25 Å². The van der Waals surface area contributed by atoms with Crippen LogP contribution in [-0.4, -0.2) is 68.7 Å². The van der Waals surface area contributed by atoms with Gasteiger partial charge in [0.25, 0.3) is 0 Å². The number of sulfonamides is 1. The van der Waals surface area contributed by atoms with Gasteiger partial charge < -0.3 is 10.2 Å². The zero-order valence-electron chi connectivity index (χ0n) is 12.8. The molecule has 2 aliphatic rings. The average molecular weight is 303 g/mol. The fourth-order valence-electron chi connectivity index (χ4n) is 3.39. The lowest BCUT2D eigenvalue weighted by Gasteiger charge is -2.40. The first-order valence-corrected chi connectivity index (χ1v) is 9.43. The first-order chi connectivity index (χ1) is 9.55. The van der Waals surface area contributed by atoms with Gasteiger partial charge in [-0.05, 0) is 52.7 Å². The molecule has 0 aromatic carbocycles. The first-order valence-electron chi connectivity index (χ1n) is 7.93. The van der Waals surface area contributed by atoms with Crippen LogP contribution in [0.4, 0.5) is 0 Å². The highest BCUT2D eigenvalue weighted by Crippen LogP contribution is 2.23. The van der Waals surface area contributed by atoms with Crippen LogP contribution in [0.1, 0.15) is 39.0 Å². The molecule has 1 unspecified atom stereocenters. The maximum Gasteiger partial charge on any atom is 0.217 e. The Kier molecular flexibility index (Phi) is 5.84. The fourth-order valence-corrected chi connectivity index (χ4v) is 5.00. The minimum Gasteiger partial charge on any atom is -0.318 e. The summed E-state index contributed by atoms with van der Waals surface area (Å²) in [4.78, 5) is 2.57. The highest BCUT2D eigenvalue weighted by atomic mass is 32.2. The molecule has 0 aliphatic carbocycles. The summed E-state index contributed by atoms with van der Waals surface area (Å²) >= 11 is 0. The third-order valence-electron chi connectivity index (χ3n) is 4.69. The van der Waals surface area contributed by atoms with E-state index in [4.69, 9.17) is 0 Å². The molecule has 2 rings (SSSR count). The van der Waals surface area contributed by atoms with Crippen LogP contribution in [-0.2, 0) is 10.0 Å². The summed E-state index contributed by atoms with van der Waals surface area (Å²) in [6, 6.07) is 0.598. The second kappa shape index (κ2) is 7.20. The lowest BCUT2D eigenvalue weighted by atomic mass is 10.0. The van der Waals surface area contributed by atoms with Crippen molar-refractivity contribution in [2.75, 3.05) is 39.8 Å². The van der Waals surface area contributed by atoms with Gasteiger partial charge in [0.2, 0.25) is 10.0 Å². The Balaban J connectivity index is 1.87. The van der Waals surface area contributed by atoms with Gasteiger partial charge in [0, 0.05) is 25.7 Å². The smallest absolute Gasteiger partial charge is 0.217 e. The van der Waals surface area contributed by atoms with Crippen molar-refractivity contribution in [3.05, 3.63) is 0 Å². The zero-order chi connectivity index (χ0) is 14.6. The van der Waals surface area contributed by atoms with E-state index in [0.29, 0.717) is 25.7 Å². The molecule has 0 saturated carbocycles. The number of likely N-dealkylation sites (tertiary alicyclic amines) is 1. The summed E-state index contributed by atoms with van der Waals surface area (Å²) in [5.74, 6) is 0. The normalized spacial score (nSPS) is 25.7. The van der Waals surface area contributed by atoms with Crippen molar-refractivity contribution >= 4 is 10.0 Å². The molecule has 1 N–H and O–H groups in total. The van der Waals surface area contributed by atoms with Crippen LogP contribution in [0.25, 0.3) is 0 Å². The average Bonchev–Trinajstić information content (AvgIpc) is 2.48. The van der Waals surface area contributed by atoms with Gasteiger partial charge >= 0.3 is 0 Å². The molecule has 118 valence electrons. The molecule has 2 heterocycles. The maximum atomic E-state index is 12.4. The van der Waals surface area contributed by atoms with Crippen LogP contribution in [0, 0.1) is 0 Å². The lowest BCUT2D eigenvalue weighted by Crippen LogP contribution is -2.50. The maximum absolute atomic E-state index is 12.4. The largest absolute Gasteiger partial charge is 0.318 e. The molecule has 5 nitrogen and oxygen atoms in total. The Morgan fingerprint density at radius 2 is 1.70 bits per heavy atom. The summed E-state index contributed by atoms with van der Waals surface area (Å²) in [7, 11) is -1.33. The van der Waals surface area contributed by atoms with E-state index in [1.807, 2.05) is 0 Å². The van der Waals surface area contributed by atoms with E-state index in [0.717, 1.165) is 12.8 Å². The molecule has 2 fully saturated rings. The van der Waals surface area contributed by atoms with E-state index in [1.54, 1.807) is 18.3 Å². The van der Waals surface area contributed by atoms with Crippen molar-refractivity contribution in [2.45, 2.75) is 50.3 Å². The van der Waals surface area contributed by atoms with E-state index >= 15 is 0 Å². The molecule has 20 heavy (non-hydrogen) atoms. The molecular weight excluding hydrogens is 274 g/mol. The monoisotopic (exact) mass is 303 g/mol. The number of hydrogen-bond donors (Lipinski definition) is 1. The predicted molar refractivity (Wildman–Crippen MR) is 82.3 cm³/mol. The standard InChI is InChI=1S/C14H29N3O2S/c1-13(12-15-2)20(18,19)17-10-6-14(7-11-17)16-8-4-3-5-9-16/h13-15H,3-12H2,1-2H3. The topological polar surface area (TPSA) is 52.7 Å². The fraction of sp³-hybridized carbons (Fsp3) is 1.00. The van der Waals surface area contributed by atoms with Crippen LogP contribution in [0.15, 0.2) is 0 Å². The minimum absolute atomic E-state index is 0.334. The summed E-state index contributed by atoms with van der Waals surface area (Å²) < 4.78 is 26.6. The number of nitrogens with one attached hydrogen (secondary N) is 1. The van der Waals surface area contributed by atoms with Crippen LogP contribution in [0.2, 0.25) is 0 Å². The van der Waals surface area contributed by atoms with Gasteiger partial charge in [-0.3, -0.25) is 0 Å². The molecule has 6 heteroatoms. The Morgan fingerprint density at radius 1 is 1.10 bits per heavy atom. The number of piperidine rings is 2. The molecule has 1 atom stereocenters.